The van der Waals surface area contributed by atoms with Crippen LogP contribution in [0.5, 0.6) is 5.75 Å². The number of methoxy groups -OCH3 is 1. The lowest BCUT2D eigenvalue weighted by Gasteiger charge is -2.12. The molecule has 112 valence electrons. The lowest BCUT2D eigenvalue weighted by Crippen LogP contribution is -2.14. The van der Waals surface area contributed by atoms with Crippen molar-refractivity contribution in [1.29, 1.82) is 0 Å². The van der Waals surface area contributed by atoms with Crippen LogP contribution >= 0.6 is 27.5 Å². The van der Waals surface area contributed by atoms with Gasteiger partial charge in [0, 0.05) is 5.02 Å². The molecular weight excluding hydrogens is 385 g/mol. The fourth-order valence-corrected chi connectivity index (χ4v) is 3.36. The highest BCUT2D eigenvalue weighted by Gasteiger charge is 2.20. The lowest BCUT2D eigenvalue weighted by molar-refractivity contribution is 0.403. The first-order valence-electron chi connectivity index (χ1n) is 5.65. The van der Waals surface area contributed by atoms with Gasteiger partial charge in [-0.25, -0.2) is 12.8 Å². The van der Waals surface area contributed by atoms with Crippen LogP contribution in [0, 0.1) is 5.82 Å². The first-order chi connectivity index (χ1) is 9.83. The van der Waals surface area contributed by atoms with E-state index in [4.69, 9.17) is 16.3 Å². The molecule has 0 heterocycles. The summed E-state index contributed by atoms with van der Waals surface area (Å²) < 4.78 is 45.7. The summed E-state index contributed by atoms with van der Waals surface area (Å²) in [6, 6.07) is 8.12. The van der Waals surface area contributed by atoms with E-state index in [0.717, 1.165) is 6.07 Å². The Morgan fingerprint density at radius 3 is 2.57 bits per heavy atom. The van der Waals surface area contributed by atoms with Gasteiger partial charge in [-0.05, 0) is 52.3 Å². The number of hydrogen-bond donors (Lipinski definition) is 1. The molecule has 0 spiro atoms. The van der Waals surface area contributed by atoms with E-state index < -0.39 is 15.8 Å². The van der Waals surface area contributed by atoms with Gasteiger partial charge in [0.25, 0.3) is 10.0 Å². The Balaban J connectivity index is 2.42. The minimum atomic E-state index is -3.95. The number of halogens is 3. The van der Waals surface area contributed by atoms with E-state index in [2.05, 4.69) is 20.7 Å². The first-order valence-corrected chi connectivity index (χ1v) is 8.30. The van der Waals surface area contributed by atoms with Gasteiger partial charge in [0.1, 0.15) is 16.5 Å². The number of anilines is 1. The summed E-state index contributed by atoms with van der Waals surface area (Å²) >= 11 is 8.81. The molecule has 0 aliphatic rings. The molecular formula is C13H10BrClFNO3S. The van der Waals surface area contributed by atoms with Gasteiger partial charge in [-0.2, -0.15) is 0 Å². The highest BCUT2D eigenvalue weighted by atomic mass is 79.9. The quantitative estimate of drug-likeness (QED) is 0.851. The second-order valence-electron chi connectivity index (χ2n) is 4.03. The van der Waals surface area contributed by atoms with Gasteiger partial charge in [-0.15, -0.1) is 0 Å². The highest BCUT2D eigenvalue weighted by molar-refractivity contribution is 9.10. The molecule has 8 heteroatoms. The Hall–Kier alpha value is -1.31. The molecule has 0 radical (unpaired) electrons. The van der Waals surface area contributed by atoms with Crippen LogP contribution in [0.15, 0.2) is 45.8 Å². The van der Waals surface area contributed by atoms with Gasteiger partial charge in [0.15, 0.2) is 0 Å². The van der Waals surface area contributed by atoms with Crippen molar-refractivity contribution < 1.29 is 17.5 Å². The Kier molecular flexibility index (Phi) is 4.75. The SMILES string of the molecule is COc1ccc(Cl)cc1S(=O)(=O)Nc1ccc(Br)c(F)c1. The zero-order valence-electron chi connectivity index (χ0n) is 10.7. The van der Waals surface area contributed by atoms with Crippen LogP contribution in [-0.4, -0.2) is 15.5 Å². The fraction of sp³-hybridized carbons (Fsp3) is 0.0769. The molecule has 2 aromatic rings. The van der Waals surface area contributed by atoms with Crippen LogP contribution in [0.2, 0.25) is 5.02 Å². The smallest absolute Gasteiger partial charge is 0.265 e. The number of sulfonamides is 1. The first kappa shape index (κ1) is 16.1. The van der Waals surface area contributed by atoms with Gasteiger partial charge in [0.05, 0.1) is 17.3 Å². The molecule has 1 N–H and O–H groups in total. The molecule has 0 aliphatic heterocycles. The molecule has 0 aliphatic carbocycles. The third kappa shape index (κ3) is 3.66. The van der Waals surface area contributed by atoms with Crippen molar-refractivity contribution in [2.24, 2.45) is 0 Å². The molecule has 0 unspecified atom stereocenters. The minimum Gasteiger partial charge on any atom is -0.495 e. The second kappa shape index (κ2) is 6.21. The summed E-state index contributed by atoms with van der Waals surface area (Å²) in [5.74, 6) is -0.433. The standard InChI is InChI=1S/C13H10BrClFNO3S/c1-20-12-5-2-8(15)6-13(12)21(18,19)17-9-3-4-10(14)11(16)7-9/h2-7,17H,1H3. The summed E-state index contributed by atoms with van der Waals surface area (Å²) in [6.45, 7) is 0. The fourth-order valence-electron chi connectivity index (χ4n) is 1.63. The molecule has 0 saturated carbocycles. The summed E-state index contributed by atoms with van der Waals surface area (Å²) in [6.07, 6.45) is 0. The van der Waals surface area contributed by atoms with Gasteiger partial charge in [-0.3, -0.25) is 4.72 Å². The van der Waals surface area contributed by atoms with Crippen molar-refractivity contribution in [2.45, 2.75) is 4.90 Å². The Morgan fingerprint density at radius 1 is 1.24 bits per heavy atom. The Labute approximate surface area is 135 Å². The lowest BCUT2D eigenvalue weighted by atomic mass is 10.3. The minimum absolute atomic E-state index is 0.0951. The third-order valence-corrected chi connectivity index (χ3v) is 4.87. The predicted octanol–water partition coefficient (Wildman–Crippen LogP) is 4.05. The summed E-state index contributed by atoms with van der Waals surface area (Å²) in [4.78, 5) is -0.124. The van der Waals surface area contributed by atoms with E-state index in [1.807, 2.05) is 0 Å². The van der Waals surface area contributed by atoms with Crippen molar-refractivity contribution in [2.75, 3.05) is 11.8 Å². The average Bonchev–Trinajstić information content (AvgIpc) is 2.42. The normalized spacial score (nSPS) is 11.2. The number of ether oxygens (including phenoxy) is 1. The van der Waals surface area contributed by atoms with Gasteiger partial charge < -0.3 is 4.74 Å². The highest BCUT2D eigenvalue weighted by Crippen LogP contribution is 2.29. The average molecular weight is 395 g/mol. The summed E-state index contributed by atoms with van der Waals surface area (Å²) in [5.41, 5.74) is 0.0951. The number of nitrogens with one attached hydrogen (secondary N) is 1. The molecule has 0 saturated heterocycles. The van der Waals surface area contributed by atoms with Crippen molar-refractivity contribution in [1.82, 2.24) is 0 Å². The summed E-state index contributed by atoms with van der Waals surface area (Å²) in [7, 11) is -2.60. The molecule has 2 rings (SSSR count). The monoisotopic (exact) mass is 393 g/mol. The number of rotatable bonds is 4. The zero-order valence-corrected chi connectivity index (χ0v) is 13.9. The molecule has 0 aromatic heterocycles. The maximum atomic E-state index is 13.4. The van der Waals surface area contributed by atoms with E-state index in [1.165, 1.54) is 37.4 Å². The van der Waals surface area contributed by atoms with Gasteiger partial charge in [0.2, 0.25) is 0 Å². The van der Waals surface area contributed by atoms with Crippen molar-refractivity contribution in [3.8, 4) is 5.75 Å². The summed E-state index contributed by atoms with van der Waals surface area (Å²) in [5, 5.41) is 0.248. The Bertz CT molecular complexity index is 783. The van der Waals surface area contributed by atoms with E-state index >= 15 is 0 Å². The van der Waals surface area contributed by atoms with Crippen LogP contribution in [-0.2, 0) is 10.0 Å². The molecule has 4 nitrogen and oxygen atoms in total. The van der Waals surface area contributed by atoms with E-state index in [0.29, 0.717) is 0 Å². The molecule has 0 bridgehead atoms. The zero-order chi connectivity index (χ0) is 15.6. The molecule has 2 aromatic carbocycles. The molecule has 0 amide bonds. The molecule has 0 fully saturated rings. The molecule has 21 heavy (non-hydrogen) atoms. The number of benzene rings is 2. The topological polar surface area (TPSA) is 55.4 Å². The van der Waals surface area contributed by atoms with Crippen LogP contribution in [0.25, 0.3) is 0 Å². The van der Waals surface area contributed by atoms with Crippen LogP contribution < -0.4 is 9.46 Å². The predicted molar refractivity (Wildman–Crippen MR) is 82.9 cm³/mol. The second-order valence-corrected chi connectivity index (χ2v) is 6.97. The van der Waals surface area contributed by atoms with Crippen molar-refractivity contribution in [3.63, 3.8) is 0 Å². The molecule has 0 atom stereocenters. The largest absolute Gasteiger partial charge is 0.495 e. The van der Waals surface area contributed by atoms with E-state index in [1.54, 1.807) is 0 Å². The Morgan fingerprint density at radius 2 is 1.95 bits per heavy atom. The van der Waals surface area contributed by atoms with E-state index in [-0.39, 0.29) is 25.8 Å². The maximum absolute atomic E-state index is 13.4. The van der Waals surface area contributed by atoms with Gasteiger partial charge in [-0.1, -0.05) is 11.6 Å². The van der Waals surface area contributed by atoms with Crippen LogP contribution in [0.4, 0.5) is 10.1 Å². The van der Waals surface area contributed by atoms with Crippen LogP contribution in [0.3, 0.4) is 0 Å². The van der Waals surface area contributed by atoms with Gasteiger partial charge >= 0.3 is 0 Å². The van der Waals surface area contributed by atoms with Crippen molar-refractivity contribution in [3.05, 3.63) is 51.7 Å². The van der Waals surface area contributed by atoms with E-state index in [9.17, 15) is 12.8 Å². The van der Waals surface area contributed by atoms with Crippen LogP contribution in [0.1, 0.15) is 0 Å². The van der Waals surface area contributed by atoms with Crippen molar-refractivity contribution >= 4 is 43.2 Å². The number of hydrogen-bond acceptors (Lipinski definition) is 3. The third-order valence-electron chi connectivity index (χ3n) is 2.59. The maximum Gasteiger partial charge on any atom is 0.265 e.